The van der Waals surface area contributed by atoms with Crippen LogP contribution in [0.2, 0.25) is 5.02 Å². The van der Waals surface area contributed by atoms with E-state index in [0.717, 1.165) is 23.6 Å². The van der Waals surface area contributed by atoms with Crippen molar-refractivity contribution in [2.24, 2.45) is 17.8 Å². The number of nitrogens with one attached hydrogen (secondary N) is 2. The zero-order valence-electron chi connectivity index (χ0n) is 16.4. The van der Waals surface area contributed by atoms with Gasteiger partial charge in [-0.3, -0.25) is 4.79 Å². The third-order valence-corrected chi connectivity index (χ3v) is 6.91. The molecule has 1 aromatic carbocycles. The lowest BCUT2D eigenvalue weighted by Gasteiger charge is -2.57. The lowest BCUT2D eigenvalue weighted by Crippen LogP contribution is -2.54. The smallest absolute Gasteiger partial charge is 0.262 e. The highest BCUT2D eigenvalue weighted by molar-refractivity contribution is 6.30. The van der Waals surface area contributed by atoms with E-state index in [1.54, 1.807) is 30.5 Å². The Morgan fingerprint density at radius 3 is 2.28 bits per heavy atom. The van der Waals surface area contributed by atoms with E-state index in [1.807, 2.05) is 12.1 Å². The molecule has 0 aliphatic heterocycles. The molecule has 29 heavy (non-hydrogen) atoms. The Morgan fingerprint density at radius 2 is 1.69 bits per heavy atom. The van der Waals surface area contributed by atoms with Gasteiger partial charge >= 0.3 is 0 Å². The van der Waals surface area contributed by atoms with E-state index >= 15 is 0 Å². The molecule has 1 aromatic heterocycles. The number of anilines is 2. The van der Waals surface area contributed by atoms with E-state index < -0.39 is 0 Å². The molecule has 4 saturated carbocycles. The number of rotatable bonds is 6. The van der Waals surface area contributed by atoms with Gasteiger partial charge in [0.1, 0.15) is 11.6 Å². The first-order valence-corrected chi connectivity index (χ1v) is 10.9. The minimum absolute atomic E-state index is 0.0606. The van der Waals surface area contributed by atoms with Crippen LogP contribution in [0.5, 0.6) is 5.75 Å². The Kier molecular flexibility index (Phi) is 4.86. The number of hydrogen-bond acceptors (Lipinski definition) is 4. The molecule has 0 saturated heterocycles. The van der Waals surface area contributed by atoms with Crippen LogP contribution in [0, 0.1) is 17.8 Å². The van der Waals surface area contributed by atoms with Crippen LogP contribution in [0.15, 0.2) is 42.6 Å². The summed E-state index contributed by atoms with van der Waals surface area (Å²) in [7, 11) is 0. The molecule has 2 aromatic rings. The molecular formula is C23H26ClN3O2. The topological polar surface area (TPSA) is 63.2 Å². The number of aromatic nitrogens is 1. The van der Waals surface area contributed by atoms with Crippen LogP contribution in [0.3, 0.4) is 0 Å². The molecule has 0 unspecified atom stereocenters. The summed E-state index contributed by atoms with van der Waals surface area (Å²) in [6.45, 7) is -0.0606. The van der Waals surface area contributed by atoms with Gasteiger partial charge in [0.25, 0.3) is 5.91 Å². The van der Waals surface area contributed by atoms with Crippen LogP contribution < -0.4 is 15.4 Å². The van der Waals surface area contributed by atoms with E-state index in [4.69, 9.17) is 16.3 Å². The number of hydrogen-bond donors (Lipinski definition) is 2. The fraction of sp³-hybridized carbons (Fsp3) is 0.478. The van der Waals surface area contributed by atoms with Crippen LogP contribution in [0.1, 0.15) is 38.5 Å². The number of nitrogens with zero attached hydrogens (tertiary/aromatic N) is 1. The van der Waals surface area contributed by atoms with Crippen LogP contribution in [-0.4, -0.2) is 23.0 Å². The predicted octanol–water partition coefficient (Wildman–Crippen LogP) is 5.13. The summed E-state index contributed by atoms with van der Waals surface area (Å²) >= 11 is 5.85. The molecule has 2 N–H and O–H groups in total. The van der Waals surface area contributed by atoms with Gasteiger partial charge in [0.05, 0.1) is 11.9 Å². The highest BCUT2D eigenvalue weighted by atomic mass is 35.5. The number of carbonyl (C=O) groups excluding carboxylic acids is 1. The molecular weight excluding hydrogens is 386 g/mol. The molecule has 4 aliphatic carbocycles. The summed E-state index contributed by atoms with van der Waals surface area (Å²) in [5, 5.41) is 7.22. The predicted molar refractivity (Wildman–Crippen MR) is 114 cm³/mol. The first kappa shape index (κ1) is 18.7. The minimum atomic E-state index is -0.219. The van der Waals surface area contributed by atoms with Crippen molar-refractivity contribution in [3.63, 3.8) is 0 Å². The molecule has 152 valence electrons. The van der Waals surface area contributed by atoms with Gasteiger partial charge in [0, 0.05) is 10.6 Å². The van der Waals surface area contributed by atoms with Crippen molar-refractivity contribution in [3.05, 3.63) is 47.6 Å². The first-order chi connectivity index (χ1) is 14.1. The Morgan fingerprint density at radius 1 is 1.03 bits per heavy atom. The molecule has 6 heteroatoms. The number of amides is 1. The Balaban J connectivity index is 1.15. The van der Waals surface area contributed by atoms with Crippen molar-refractivity contribution in [3.8, 4) is 5.75 Å². The summed E-state index contributed by atoms with van der Waals surface area (Å²) in [6.07, 6.45) is 9.83. The molecule has 4 aliphatic rings. The van der Waals surface area contributed by atoms with E-state index in [2.05, 4.69) is 15.6 Å². The standard InChI is InChI=1S/C23H26ClN3O2/c24-18-1-4-20(5-2-18)29-14-22(28)26-19-3-6-21(25-13-19)27-23-10-15-7-16(11-23)9-17(8-15)12-23/h1-6,13,15-17H,7-12,14H2,(H,25,27)(H,26,28). The van der Waals surface area contributed by atoms with Crippen molar-refractivity contribution < 1.29 is 9.53 Å². The Bertz CT molecular complexity index is 847. The van der Waals surface area contributed by atoms with E-state index in [1.165, 1.54) is 38.5 Å². The van der Waals surface area contributed by atoms with Gasteiger partial charge in [-0.25, -0.2) is 4.98 Å². The molecule has 0 atom stereocenters. The second-order valence-electron chi connectivity index (χ2n) is 9.05. The fourth-order valence-corrected chi connectivity index (χ4v) is 6.08. The van der Waals surface area contributed by atoms with Crippen molar-refractivity contribution in [1.29, 1.82) is 0 Å². The third-order valence-electron chi connectivity index (χ3n) is 6.66. The maximum Gasteiger partial charge on any atom is 0.262 e. The lowest BCUT2D eigenvalue weighted by molar-refractivity contribution is -0.118. The zero-order valence-corrected chi connectivity index (χ0v) is 17.1. The largest absolute Gasteiger partial charge is 0.484 e. The van der Waals surface area contributed by atoms with Crippen LogP contribution in [0.4, 0.5) is 11.5 Å². The first-order valence-electron chi connectivity index (χ1n) is 10.5. The van der Waals surface area contributed by atoms with Gasteiger partial charge in [0.2, 0.25) is 0 Å². The third kappa shape index (κ3) is 4.20. The normalized spacial score (nSPS) is 29.5. The number of pyridine rings is 1. The molecule has 1 heterocycles. The highest BCUT2D eigenvalue weighted by Gasteiger charge is 2.51. The monoisotopic (exact) mass is 411 g/mol. The van der Waals surface area contributed by atoms with Crippen molar-refractivity contribution in [1.82, 2.24) is 4.98 Å². The van der Waals surface area contributed by atoms with Gasteiger partial charge in [0.15, 0.2) is 6.61 Å². The SMILES string of the molecule is O=C(COc1ccc(Cl)cc1)Nc1ccc(NC23CC4CC(CC(C4)C2)C3)nc1. The van der Waals surface area contributed by atoms with Crippen LogP contribution in [0.25, 0.3) is 0 Å². The fourth-order valence-electron chi connectivity index (χ4n) is 5.95. The van der Waals surface area contributed by atoms with E-state index in [9.17, 15) is 4.79 Å². The number of benzene rings is 1. The summed E-state index contributed by atoms with van der Waals surface area (Å²) in [6, 6.07) is 10.8. The van der Waals surface area contributed by atoms with Crippen molar-refractivity contribution >= 4 is 29.0 Å². The number of ether oxygens (including phenoxy) is 1. The molecule has 4 bridgehead atoms. The van der Waals surface area contributed by atoms with E-state index in [-0.39, 0.29) is 18.1 Å². The van der Waals surface area contributed by atoms with Gasteiger partial charge in [-0.05, 0) is 92.7 Å². The second kappa shape index (κ2) is 7.52. The minimum Gasteiger partial charge on any atom is -0.484 e. The lowest BCUT2D eigenvalue weighted by atomic mass is 9.53. The van der Waals surface area contributed by atoms with Gasteiger partial charge < -0.3 is 15.4 Å². The average Bonchev–Trinajstić information content (AvgIpc) is 2.68. The van der Waals surface area contributed by atoms with Gasteiger partial charge in [-0.2, -0.15) is 0 Å². The van der Waals surface area contributed by atoms with Crippen molar-refractivity contribution in [2.75, 3.05) is 17.2 Å². The second-order valence-corrected chi connectivity index (χ2v) is 9.48. The molecule has 4 fully saturated rings. The molecule has 6 rings (SSSR count). The number of carbonyl (C=O) groups is 1. The van der Waals surface area contributed by atoms with Gasteiger partial charge in [-0.15, -0.1) is 0 Å². The molecule has 5 nitrogen and oxygen atoms in total. The summed E-state index contributed by atoms with van der Waals surface area (Å²) < 4.78 is 5.47. The molecule has 0 spiro atoms. The van der Waals surface area contributed by atoms with Crippen molar-refractivity contribution in [2.45, 2.75) is 44.1 Å². The summed E-state index contributed by atoms with van der Waals surface area (Å²) in [4.78, 5) is 16.7. The van der Waals surface area contributed by atoms with Gasteiger partial charge in [-0.1, -0.05) is 11.6 Å². The quantitative estimate of drug-likeness (QED) is 0.691. The molecule has 0 radical (unpaired) electrons. The maximum atomic E-state index is 12.1. The maximum absolute atomic E-state index is 12.1. The molecule has 1 amide bonds. The highest BCUT2D eigenvalue weighted by Crippen LogP contribution is 2.56. The van der Waals surface area contributed by atoms with Crippen LogP contribution >= 0.6 is 11.6 Å². The Labute approximate surface area is 176 Å². The van der Waals surface area contributed by atoms with E-state index in [0.29, 0.717) is 16.5 Å². The Hall–Kier alpha value is -2.27. The average molecular weight is 412 g/mol. The summed E-state index contributed by atoms with van der Waals surface area (Å²) in [5.41, 5.74) is 0.907. The van der Waals surface area contributed by atoms with Crippen LogP contribution in [-0.2, 0) is 4.79 Å². The zero-order chi connectivity index (χ0) is 19.8. The number of halogens is 1. The summed E-state index contributed by atoms with van der Waals surface area (Å²) in [5.74, 6) is 3.98.